The quantitative estimate of drug-likeness (QED) is 0.747. The second-order valence-electron chi connectivity index (χ2n) is 4.41. The van der Waals surface area contributed by atoms with Crippen molar-refractivity contribution in [3.63, 3.8) is 0 Å². The van der Waals surface area contributed by atoms with Gasteiger partial charge in [-0.1, -0.05) is 13.3 Å². The summed E-state index contributed by atoms with van der Waals surface area (Å²) in [7, 11) is 0. The lowest BCUT2D eigenvalue weighted by atomic mass is 10.2. The van der Waals surface area contributed by atoms with Gasteiger partial charge in [0.1, 0.15) is 12.4 Å². The van der Waals surface area contributed by atoms with Gasteiger partial charge in [0.15, 0.2) is 0 Å². The predicted molar refractivity (Wildman–Crippen MR) is 65.5 cm³/mol. The van der Waals surface area contributed by atoms with Crippen LogP contribution in [0.5, 0.6) is 0 Å². The average Bonchev–Trinajstić information content (AvgIpc) is 2.19. The highest BCUT2D eigenvalue weighted by Crippen LogP contribution is 2.10. The summed E-state index contributed by atoms with van der Waals surface area (Å²) < 4.78 is 5.27. The fourth-order valence-corrected chi connectivity index (χ4v) is 1.05. The van der Waals surface area contributed by atoms with Crippen molar-refractivity contribution >= 4 is 12.9 Å². The van der Waals surface area contributed by atoms with Gasteiger partial charge in [0.25, 0.3) is 0 Å². The highest BCUT2D eigenvalue weighted by Gasteiger charge is 2.20. The molecule has 0 aliphatic heterocycles. The van der Waals surface area contributed by atoms with E-state index in [1.807, 2.05) is 34.5 Å². The van der Waals surface area contributed by atoms with Crippen LogP contribution in [-0.4, -0.2) is 36.5 Å². The molecule has 0 aromatic carbocycles. The molecular weight excluding hydrogens is 206 g/mol. The summed E-state index contributed by atoms with van der Waals surface area (Å²) in [6.07, 6.45) is 1.93. The smallest absolute Gasteiger partial charge is 0.410 e. The third kappa shape index (κ3) is 9.49. The molecule has 0 saturated carbocycles. The zero-order valence-corrected chi connectivity index (χ0v) is 11.2. The van der Waals surface area contributed by atoms with Gasteiger partial charge in [0, 0.05) is 13.1 Å². The molecule has 0 aromatic rings. The van der Waals surface area contributed by atoms with Crippen molar-refractivity contribution in [2.45, 2.75) is 53.1 Å². The van der Waals surface area contributed by atoms with Crippen molar-refractivity contribution in [2.75, 3.05) is 13.1 Å². The van der Waals surface area contributed by atoms with E-state index in [2.05, 4.69) is 6.92 Å². The molecule has 0 fully saturated rings. The standard InChI is InChI=1S/C11H23NO2.CH2O/c1-6-8-9-12(7-2)10(13)14-11(3,4)5;1-2/h6-9H2,1-5H3;1H2. The molecule has 0 rings (SSSR count). The Balaban J connectivity index is 0. The Morgan fingerprint density at radius 3 is 2.06 bits per heavy atom. The van der Waals surface area contributed by atoms with E-state index in [1.165, 1.54) is 0 Å². The first-order valence-corrected chi connectivity index (χ1v) is 5.67. The van der Waals surface area contributed by atoms with Crippen molar-refractivity contribution in [2.24, 2.45) is 0 Å². The van der Waals surface area contributed by atoms with Crippen molar-refractivity contribution in [3.8, 4) is 0 Å². The Morgan fingerprint density at radius 2 is 1.75 bits per heavy atom. The molecule has 96 valence electrons. The Morgan fingerprint density at radius 1 is 1.25 bits per heavy atom. The number of amides is 1. The van der Waals surface area contributed by atoms with Crippen LogP contribution in [0.3, 0.4) is 0 Å². The van der Waals surface area contributed by atoms with Crippen LogP contribution in [0.1, 0.15) is 47.5 Å². The molecule has 4 heteroatoms. The minimum absolute atomic E-state index is 0.201. The van der Waals surface area contributed by atoms with Gasteiger partial charge < -0.3 is 14.4 Å². The van der Waals surface area contributed by atoms with Gasteiger partial charge in [-0.3, -0.25) is 0 Å². The van der Waals surface area contributed by atoms with Crippen LogP contribution in [0, 0.1) is 0 Å². The normalized spacial score (nSPS) is 10.1. The maximum Gasteiger partial charge on any atom is 0.410 e. The fraction of sp³-hybridized carbons (Fsp3) is 0.833. The molecule has 1 amide bonds. The molecule has 4 nitrogen and oxygen atoms in total. The first-order chi connectivity index (χ1) is 7.40. The first kappa shape index (κ1) is 17.3. The van der Waals surface area contributed by atoms with E-state index in [0.29, 0.717) is 0 Å². The highest BCUT2D eigenvalue weighted by atomic mass is 16.6. The van der Waals surface area contributed by atoms with Gasteiger partial charge in [-0.05, 0) is 34.1 Å². The molecule has 0 spiro atoms. The molecule has 0 unspecified atom stereocenters. The van der Waals surface area contributed by atoms with Gasteiger partial charge in [-0.15, -0.1) is 0 Å². The van der Waals surface area contributed by atoms with Crippen LogP contribution < -0.4 is 0 Å². The number of unbranched alkanes of at least 4 members (excludes halogenated alkanes) is 1. The Hall–Kier alpha value is -1.06. The summed E-state index contributed by atoms with van der Waals surface area (Å²) in [6, 6.07) is 0. The van der Waals surface area contributed by atoms with Gasteiger partial charge >= 0.3 is 6.09 Å². The summed E-state index contributed by atoms with van der Waals surface area (Å²) in [5.74, 6) is 0. The molecule has 0 aromatic heterocycles. The maximum atomic E-state index is 11.6. The minimum Gasteiger partial charge on any atom is -0.444 e. The predicted octanol–water partition coefficient (Wildman–Crippen LogP) is 2.86. The molecule has 0 heterocycles. The van der Waals surface area contributed by atoms with Crippen LogP contribution in [0.15, 0.2) is 0 Å². The van der Waals surface area contributed by atoms with Crippen LogP contribution >= 0.6 is 0 Å². The monoisotopic (exact) mass is 231 g/mol. The third-order valence-corrected chi connectivity index (χ3v) is 1.82. The summed E-state index contributed by atoms with van der Waals surface area (Å²) in [6.45, 7) is 13.3. The topological polar surface area (TPSA) is 46.6 Å². The number of rotatable bonds is 4. The Kier molecular flexibility index (Phi) is 9.96. The molecule has 0 saturated heterocycles. The molecular formula is C12H25NO3. The second kappa shape index (κ2) is 9.19. The Labute approximate surface area is 99.0 Å². The lowest BCUT2D eigenvalue weighted by Gasteiger charge is -2.26. The zero-order valence-electron chi connectivity index (χ0n) is 11.2. The van der Waals surface area contributed by atoms with E-state index in [0.717, 1.165) is 25.9 Å². The summed E-state index contributed by atoms with van der Waals surface area (Å²) in [4.78, 5) is 21.3. The van der Waals surface area contributed by atoms with Gasteiger partial charge in [0.2, 0.25) is 0 Å². The number of carbonyl (C=O) groups is 2. The second-order valence-corrected chi connectivity index (χ2v) is 4.41. The molecule has 16 heavy (non-hydrogen) atoms. The van der Waals surface area contributed by atoms with E-state index in [1.54, 1.807) is 4.90 Å². The maximum absolute atomic E-state index is 11.6. The van der Waals surface area contributed by atoms with Gasteiger partial charge in [-0.2, -0.15) is 0 Å². The largest absolute Gasteiger partial charge is 0.444 e. The van der Waals surface area contributed by atoms with E-state index in [-0.39, 0.29) is 6.09 Å². The third-order valence-electron chi connectivity index (χ3n) is 1.82. The summed E-state index contributed by atoms with van der Waals surface area (Å²) in [5, 5.41) is 0. The van der Waals surface area contributed by atoms with Gasteiger partial charge in [-0.25, -0.2) is 4.79 Å². The summed E-state index contributed by atoms with van der Waals surface area (Å²) >= 11 is 0. The fourth-order valence-electron chi connectivity index (χ4n) is 1.05. The van der Waals surface area contributed by atoms with E-state index in [4.69, 9.17) is 9.53 Å². The van der Waals surface area contributed by atoms with E-state index >= 15 is 0 Å². The molecule has 0 bridgehead atoms. The molecule has 0 atom stereocenters. The lowest BCUT2D eigenvalue weighted by molar-refractivity contribution is -0.0980. The average molecular weight is 231 g/mol. The molecule has 0 aliphatic rings. The van der Waals surface area contributed by atoms with Crippen LogP contribution in [-0.2, 0) is 9.53 Å². The zero-order chi connectivity index (χ0) is 13.2. The van der Waals surface area contributed by atoms with Crippen LogP contribution in [0.4, 0.5) is 4.79 Å². The number of ether oxygens (including phenoxy) is 1. The van der Waals surface area contributed by atoms with Crippen molar-refractivity contribution in [3.05, 3.63) is 0 Å². The first-order valence-electron chi connectivity index (χ1n) is 5.67. The number of carbonyl (C=O) groups excluding carboxylic acids is 2. The number of nitrogens with zero attached hydrogens (tertiary/aromatic N) is 1. The lowest BCUT2D eigenvalue weighted by Crippen LogP contribution is -2.37. The molecule has 0 aliphatic carbocycles. The molecule has 0 radical (unpaired) electrons. The van der Waals surface area contributed by atoms with E-state index < -0.39 is 5.60 Å². The SMILES string of the molecule is C=O.CCCCN(CC)C(=O)OC(C)(C)C. The van der Waals surface area contributed by atoms with Crippen LogP contribution in [0.25, 0.3) is 0 Å². The Bertz CT molecular complexity index is 187. The minimum atomic E-state index is -0.392. The number of hydrogen-bond donors (Lipinski definition) is 0. The summed E-state index contributed by atoms with van der Waals surface area (Å²) in [5.41, 5.74) is -0.392. The van der Waals surface area contributed by atoms with E-state index in [9.17, 15) is 4.79 Å². The van der Waals surface area contributed by atoms with Crippen LogP contribution in [0.2, 0.25) is 0 Å². The highest BCUT2D eigenvalue weighted by molar-refractivity contribution is 5.68. The van der Waals surface area contributed by atoms with Crippen molar-refractivity contribution in [1.82, 2.24) is 4.90 Å². The van der Waals surface area contributed by atoms with Crippen molar-refractivity contribution < 1.29 is 14.3 Å². The number of hydrogen-bond acceptors (Lipinski definition) is 3. The van der Waals surface area contributed by atoms with Crippen molar-refractivity contribution in [1.29, 1.82) is 0 Å². The molecule has 0 N–H and O–H groups in total. The van der Waals surface area contributed by atoms with Gasteiger partial charge in [0.05, 0.1) is 0 Å².